The minimum absolute atomic E-state index is 0.162. The molecule has 1 fully saturated rings. The third-order valence-electron chi connectivity index (χ3n) is 3.78. The Morgan fingerprint density at radius 2 is 2.12 bits per heavy atom. The van der Waals surface area contributed by atoms with E-state index in [1.807, 2.05) is 0 Å². The van der Waals surface area contributed by atoms with Crippen molar-refractivity contribution >= 4 is 0 Å². The average Bonchev–Trinajstić information content (AvgIpc) is 2.24. The van der Waals surface area contributed by atoms with Gasteiger partial charge in [-0.3, -0.25) is 4.90 Å². The van der Waals surface area contributed by atoms with Gasteiger partial charge in [-0.2, -0.15) is 0 Å². The zero-order chi connectivity index (χ0) is 12.2. The lowest BCUT2D eigenvalue weighted by Gasteiger charge is -2.43. The van der Waals surface area contributed by atoms with E-state index in [0.717, 1.165) is 39.0 Å². The molecule has 0 amide bonds. The van der Waals surface area contributed by atoms with Gasteiger partial charge in [-0.15, -0.1) is 0 Å². The van der Waals surface area contributed by atoms with Crippen molar-refractivity contribution in [1.82, 2.24) is 4.90 Å². The summed E-state index contributed by atoms with van der Waals surface area (Å²) in [6.45, 7) is 9.42. The number of rotatable bonds is 5. The molecule has 1 rings (SSSR count). The first kappa shape index (κ1) is 13.9. The Kier molecular flexibility index (Phi) is 5.22. The predicted octanol–water partition coefficient (Wildman–Crippen LogP) is 1.89. The number of aliphatic hydroxyl groups is 1. The van der Waals surface area contributed by atoms with E-state index in [-0.39, 0.29) is 6.10 Å². The molecule has 0 spiro atoms. The van der Waals surface area contributed by atoms with Gasteiger partial charge < -0.3 is 9.84 Å². The lowest BCUT2D eigenvalue weighted by atomic mass is 9.73. The Labute approximate surface area is 99.8 Å². The van der Waals surface area contributed by atoms with Crippen molar-refractivity contribution in [2.75, 3.05) is 26.8 Å². The van der Waals surface area contributed by atoms with E-state index in [4.69, 9.17) is 4.74 Å². The van der Waals surface area contributed by atoms with E-state index in [1.165, 1.54) is 0 Å². The van der Waals surface area contributed by atoms with Crippen LogP contribution in [-0.2, 0) is 4.74 Å². The Hall–Kier alpha value is -0.120. The first-order valence-electron chi connectivity index (χ1n) is 6.41. The largest absolute Gasteiger partial charge is 0.391 e. The van der Waals surface area contributed by atoms with Crippen molar-refractivity contribution in [3.8, 4) is 0 Å². The summed E-state index contributed by atoms with van der Waals surface area (Å²) in [4.78, 5) is 2.36. The third-order valence-corrected chi connectivity index (χ3v) is 3.78. The summed E-state index contributed by atoms with van der Waals surface area (Å²) in [6.07, 6.45) is 2.99. The molecule has 1 aliphatic carbocycles. The SMILES string of the molecule is CCN(CCOC)C1CC(C)(C)CCC1O. The fourth-order valence-corrected chi connectivity index (χ4v) is 2.67. The average molecular weight is 229 g/mol. The van der Waals surface area contributed by atoms with Gasteiger partial charge in [0.2, 0.25) is 0 Å². The number of likely N-dealkylation sites (N-methyl/N-ethyl adjacent to an activating group) is 1. The van der Waals surface area contributed by atoms with Crippen molar-refractivity contribution in [3.05, 3.63) is 0 Å². The smallest absolute Gasteiger partial charge is 0.0695 e. The second-order valence-corrected chi connectivity index (χ2v) is 5.66. The van der Waals surface area contributed by atoms with Gasteiger partial charge in [0, 0.05) is 19.7 Å². The van der Waals surface area contributed by atoms with Crippen LogP contribution in [0, 0.1) is 5.41 Å². The molecule has 3 nitrogen and oxygen atoms in total. The summed E-state index contributed by atoms with van der Waals surface area (Å²) >= 11 is 0. The summed E-state index contributed by atoms with van der Waals surface area (Å²) in [7, 11) is 1.73. The third kappa shape index (κ3) is 3.72. The van der Waals surface area contributed by atoms with Gasteiger partial charge >= 0.3 is 0 Å². The van der Waals surface area contributed by atoms with E-state index in [1.54, 1.807) is 7.11 Å². The van der Waals surface area contributed by atoms with Crippen LogP contribution in [0.3, 0.4) is 0 Å². The topological polar surface area (TPSA) is 32.7 Å². The van der Waals surface area contributed by atoms with Crippen LogP contribution in [0.4, 0.5) is 0 Å². The molecule has 2 unspecified atom stereocenters. The molecule has 0 radical (unpaired) electrons. The molecule has 0 aromatic heterocycles. The number of nitrogens with zero attached hydrogens (tertiary/aromatic N) is 1. The Bertz CT molecular complexity index is 206. The van der Waals surface area contributed by atoms with E-state index < -0.39 is 0 Å². The van der Waals surface area contributed by atoms with E-state index in [0.29, 0.717) is 11.5 Å². The highest BCUT2D eigenvalue weighted by molar-refractivity contribution is 4.90. The molecule has 0 saturated heterocycles. The lowest BCUT2D eigenvalue weighted by Crippen LogP contribution is -2.50. The molecule has 1 saturated carbocycles. The second-order valence-electron chi connectivity index (χ2n) is 5.66. The number of methoxy groups -OCH3 is 1. The highest BCUT2D eigenvalue weighted by atomic mass is 16.5. The van der Waals surface area contributed by atoms with Crippen LogP contribution in [0.1, 0.15) is 40.0 Å². The molecule has 2 atom stereocenters. The fourth-order valence-electron chi connectivity index (χ4n) is 2.67. The van der Waals surface area contributed by atoms with Gasteiger partial charge in [-0.25, -0.2) is 0 Å². The quantitative estimate of drug-likeness (QED) is 0.781. The second kappa shape index (κ2) is 5.99. The number of aliphatic hydroxyl groups excluding tert-OH is 1. The van der Waals surface area contributed by atoms with Crippen LogP contribution >= 0.6 is 0 Å². The maximum Gasteiger partial charge on any atom is 0.0695 e. The molecule has 0 bridgehead atoms. The Morgan fingerprint density at radius 3 is 2.69 bits per heavy atom. The van der Waals surface area contributed by atoms with Gasteiger partial charge in [0.05, 0.1) is 12.7 Å². The summed E-state index contributed by atoms with van der Waals surface area (Å²) < 4.78 is 5.13. The molecule has 16 heavy (non-hydrogen) atoms. The molecule has 0 aliphatic heterocycles. The van der Waals surface area contributed by atoms with Crippen molar-refractivity contribution in [3.63, 3.8) is 0 Å². The zero-order valence-electron chi connectivity index (χ0n) is 11.2. The summed E-state index contributed by atoms with van der Waals surface area (Å²) in [5.74, 6) is 0. The fraction of sp³-hybridized carbons (Fsp3) is 1.00. The zero-order valence-corrected chi connectivity index (χ0v) is 11.2. The van der Waals surface area contributed by atoms with Gasteiger partial charge in [0.15, 0.2) is 0 Å². The van der Waals surface area contributed by atoms with Gasteiger partial charge in [0.1, 0.15) is 0 Å². The maximum atomic E-state index is 10.1. The molecular formula is C13H27NO2. The minimum atomic E-state index is -0.162. The van der Waals surface area contributed by atoms with Gasteiger partial charge in [-0.05, 0) is 31.2 Å². The van der Waals surface area contributed by atoms with Crippen LogP contribution in [0.2, 0.25) is 0 Å². The molecule has 0 heterocycles. The molecule has 1 aliphatic rings. The molecule has 0 aromatic rings. The summed E-state index contributed by atoms with van der Waals surface area (Å²) in [5.41, 5.74) is 0.365. The highest BCUT2D eigenvalue weighted by Crippen LogP contribution is 2.37. The van der Waals surface area contributed by atoms with Crippen molar-refractivity contribution in [2.45, 2.75) is 52.2 Å². The lowest BCUT2D eigenvalue weighted by molar-refractivity contribution is -0.0223. The Balaban J connectivity index is 2.58. The molecule has 3 heteroatoms. The van der Waals surface area contributed by atoms with Gasteiger partial charge in [0.25, 0.3) is 0 Å². The molecule has 1 N–H and O–H groups in total. The maximum absolute atomic E-state index is 10.1. The number of hydrogen-bond acceptors (Lipinski definition) is 3. The first-order valence-corrected chi connectivity index (χ1v) is 6.41. The van der Waals surface area contributed by atoms with E-state index >= 15 is 0 Å². The van der Waals surface area contributed by atoms with Crippen molar-refractivity contribution in [2.24, 2.45) is 5.41 Å². The normalized spacial score (nSPS) is 29.6. The van der Waals surface area contributed by atoms with Crippen LogP contribution in [0.15, 0.2) is 0 Å². The van der Waals surface area contributed by atoms with Crippen LogP contribution in [-0.4, -0.2) is 49.0 Å². The first-order chi connectivity index (χ1) is 7.50. The van der Waals surface area contributed by atoms with Crippen LogP contribution in [0.25, 0.3) is 0 Å². The minimum Gasteiger partial charge on any atom is -0.391 e. The summed E-state index contributed by atoms with van der Waals surface area (Å²) in [6, 6.07) is 0.309. The molecule has 0 aromatic carbocycles. The van der Waals surface area contributed by atoms with Gasteiger partial charge in [-0.1, -0.05) is 20.8 Å². The van der Waals surface area contributed by atoms with Crippen molar-refractivity contribution in [1.29, 1.82) is 0 Å². The monoisotopic (exact) mass is 229 g/mol. The number of ether oxygens (including phenoxy) is 1. The van der Waals surface area contributed by atoms with Crippen LogP contribution < -0.4 is 0 Å². The molecular weight excluding hydrogens is 202 g/mol. The number of hydrogen-bond donors (Lipinski definition) is 1. The predicted molar refractivity (Wildman–Crippen MR) is 66.5 cm³/mol. The highest BCUT2D eigenvalue weighted by Gasteiger charge is 2.36. The standard InChI is InChI=1S/C13H27NO2/c1-5-14(8-9-16-4)11-10-13(2,3)7-6-12(11)15/h11-12,15H,5-10H2,1-4H3. The molecule has 96 valence electrons. The van der Waals surface area contributed by atoms with E-state index in [2.05, 4.69) is 25.7 Å². The van der Waals surface area contributed by atoms with Crippen molar-refractivity contribution < 1.29 is 9.84 Å². The van der Waals surface area contributed by atoms with E-state index in [9.17, 15) is 5.11 Å². The Morgan fingerprint density at radius 1 is 1.44 bits per heavy atom. The summed E-state index contributed by atoms with van der Waals surface area (Å²) in [5, 5.41) is 10.1. The van der Waals surface area contributed by atoms with Crippen LogP contribution in [0.5, 0.6) is 0 Å².